The molecule has 0 atom stereocenters. The van der Waals surface area contributed by atoms with Gasteiger partial charge in [0, 0.05) is 52.4 Å². The van der Waals surface area contributed by atoms with Crippen LogP contribution in [0.1, 0.15) is 16.2 Å². The molecule has 0 aliphatic rings. The minimum absolute atomic E-state index is 0.399. The zero-order valence-electron chi connectivity index (χ0n) is 18.2. The van der Waals surface area contributed by atoms with Crippen molar-refractivity contribution in [3.05, 3.63) is 96.5 Å². The van der Waals surface area contributed by atoms with Gasteiger partial charge in [-0.25, -0.2) is 9.37 Å². The van der Waals surface area contributed by atoms with Crippen LogP contribution in [0, 0.1) is 12.7 Å². The highest BCUT2D eigenvalue weighted by Gasteiger charge is 2.16. The van der Waals surface area contributed by atoms with E-state index in [1.165, 1.54) is 12.1 Å². The number of phenolic OH excluding ortho intramolecular Hbond substituents is 1. The maximum Gasteiger partial charge on any atom is 0.248 e. The lowest BCUT2D eigenvalue weighted by Crippen LogP contribution is -2.10. The normalized spacial score (nSPS) is 11.6. The molecule has 6 aromatic rings. The first kappa shape index (κ1) is 20.0. The number of rotatable bonds is 3. The summed E-state index contributed by atoms with van der Waals surface area (Å²) >= 11 is 0. The number of aromatic hydroxyl groups is 1. The Kier molecular flexibility index (Phi) is 4.22. The molecule has 0 radical (unpaired) electrons. The third-order valence-electron chi connectivity index (χ3n) is 6.34. The summed E-state index contributed by atoms with van der Waals surface area (Å²) in [4.78, 5) is 16.3. The fourth-order valence-corrected chi connectivity index (χ4v) is 4.70. The Hall–Kier alpha value is -4.65. The van der Waals surface area contributed by atoms with Crippen LogP contribution in [0.5, 0.6) is 5.75 Å². The molecule has 1 amide bonds. The summed E-state index contributed by atoms with van der Waals surface area (Å²) in [6.45, 7) is 1.94. The van der Waals surface area contributed by atoms with Crippen LogP contribution >= 0.6 is 0 Å². The summed E-state index contributed by atoms with van der Waals surface area (Å²) in [5, 5.41) is 14.3. The largest absolute Gasteiger partial charge is 0.505 e. The molecule has 0 aliphatic heterocycles. The van der Waals surface area contributed by atoms with Crippen LogP contribution in [0.2, 0.25) is 0 Å². The second-order valence-electron chi connectivity index (χ2n) is 8.28. The molecule has 0 spiro atoms. The number of hydrogen-bond donors (Lipinski definition) is 2. The fourth-order valence-electron chi connectivity index (χ4n) is 4.70. The lowest BCUT2D eigenvalue weighted by Gasteiger charge is -2.14. The van der Waals surface area contributed by atoms with Crippen molar-refractivity contribution < 1.29 is 14.3 Å². The smallest absolute Gasteiger partial charge is 0.248 e. The summed E-state index contributed by atoms with van der Waals surface area (Å²) in [7, 11) is 0. The van der Waals surface area contributed by atoms with Gasteiger partial charge in [-0.1, -0.05) is 12.1 Å². The quantitative estimate of drug-likeness (QED) is 0.355. The van der Waals surface area contributed by atoms with E-state index in [-0.39, 0.29) is 0 Å². The standard InChI is InChI=1S/C27H19FN4O2/c1-15-30-9-11-31(15)17-3-6-19-21-8-10-32(18-4-7-25(33)24(28)14-18)26(21)20-5-2-16(27(29)34)12-22(20)23(19)13-17/h2-14,33H,1H3,(H2,29,34). The van der Waals surface area contributed by atoms with Gasteiger partial charge in [-0.3, -0.25) is 4.79 Å². The Morgan fingerprint density at radius 3 is 2.29 bits per heavy atom. The molecule has 0 fully saturated rings. The van der Waals surface area contributed by atoms with E-state index in [2.05, 4.69) is 11.1 Å². The van der Waals surface area contributed by atoms with Crippen molar-refractivity contribution >= 4 is 38.4 Å². The number of benzene rings is 4. The number of phenols is 1. The van der Waals surface area contributed by atoms with Crippen molar-refractivity contribution in [3.8, 4) is 17.1 Å². The molecule has 0 saturated carbocycles. The van der Waals surface area contributed by atoms with Crippen LogP contribution in [0.4, 0.5) is 4.39 Å². The lowest BCUT2D eigenvalue weighted by atomic mass is 9.96. The predicted octanol–water partition coefficient (Wildman–Crippen LogP) is 5.37. The summed E-state index contributed by atoms with van der Waals surface area (Å²) in [6, 6.07) is 17.8. The van der Waals surface area contributed by atoms with Gasteiger partial charge in [-0.05, 0) is 65.5 Å². The van der Waals surface area contributed by atoms with Crippen LogP contribution in [-0.4, -0.2) is 25.1 Å². The van der Waals surface area contributed by atoms with Gasteiger partial charge in [-0.2, -0.15) is 0 Å². The number of halogens is 1. The molecule has 3 N–H and O–H groups in total. The molecule has 6 rings (SSSR count). The van der Waals surface area contributed by atoms with Gasteiger partial charge in [-0.15, -0.1) is 0 Å². The van der Waals surface area contributed by atoms with E-state index in [0.717, 1.165) is 44.0 Å². The number of imidazole rings is 1. The molecule has 2 heterocycles. The highest BCUT2D eigenvalue weighted by Crippen LogP contribution is 2.38. The minimum Gasteiger partial charge on any atom is -0.505 e. The molecule has 2 aromatic heterocycles. The van der Waals surface area contributed by atoms with Crippen molar-refractivity contribution in [1.29, 1.82) is 0 Å². The second-order valence-corrected chi connectivity index (χ2v) is 8.28. The molecule has 6 nitrogen and oxygen atoms in total. The number of nitrogens with two attached hydrogens (primary N) is 1. The Bertz CT molecular complexity index is 1780. The molecule has 7 heteroatoms. The average Bonchev–Trinajstić information content (AvgIpc) is 3.47. The number of aromatic nitrogens is 3. The Labute approximate surface area is 193 Å². The van der Waals surface area contributed by atoms with Crippen molar-refractivity contribution in [2.75, 3.05) is 0 Å². The van der Waals surface area contributed by atoms with Gasteiger partial charge in [0.2, 0.25) is 5.91 Å². The average molecular weight is 450 g/mol. The molecule has 0 aliphatic carbocycles. The van der Waals surface area contributed by atoms with Gasteiger partial charge >= 0.3 is 0 Å². The highest BCUT2D eigenvalue weighted by atomic mass is 19.1. The minimum atomic E-state index is -0.694. The van der Waals surface area contributed by atoms with Gasteiger partial charge in [0.1, 0.15) is 5.82 Å². The van der Waals surface area contributed by atoms with Gasteiger partial charge in [0.15, 0.2) is 11.6 Å². The van der Waals surface area contributed by atoms with Gasteiger partial charge in [0.25, 0.3) is 0 Å². The predicted molar refractivity (Wildman–Crippen MR) is 130 cm³/mol. The molecule has 0 bridgehead atoms. The molecular weight excluding hydrogens is 431 g/mol. The maximum absolute atomic E-state index is 14.2. The summed E-state index contributed by atoms with van der Waals surface area (Å²) in [6.07, 6.45) is 5.54. The number of fused-ring (bicyclic) bond motifs is 6. The monoisotopic (exact) mass is 450 g/mol. The van der Waals surface area contributed by atoms with Crippen LogP contribution in [-0.2, 0) is 0 Å². The van der Waals surface area contributed by atoms with Crippen molar-refractivity contribution in [1.82, 2.24) is 14.1 Å². The van der Waals surface area contributed by atoms with E-state index < -0.39 is 17.5 Å². The third kappa shape index (κ3) is 2.87. The fraction of sp³-hybridized carbons (Fsp3) is 0.0370. The molecular formula is C27H19FN4O2. The number of nitrogens with zero attached hydrogens (tertiary/aromatic N) is 3. The molecule has 0 unspecified atom stereocenters. The summed E-state index contributed by atoms with van der Waals surface area (Å²) in [5.74, 6) is -0.736. The third-order valence-corrected chi connectivity index (χ3v) is 6.34. The number of amides is 1. The summed E-state index contributed by atoms with van der Waals surface area (Å²) in [5.41, 5.74) is 8.41. The number of primary amides is 1. The molecule has 34 heavy (non-hydrogen) atoms. The van der Waals surface area contributed by atoms with Crippen molar-refractivity contribution in [3.63, 3.8) is 0 Å². The number of carbonyl (C=O) groups is 1. The zero-order valence-corrected chi connectivity index (χ0v) is 18.2. The SMILES string of the molecule is Cc1nccn1-c1ccc2c(c1)c1cc(C(N)=O)ccc1c1c2ccn1-c1ccc(O)c(F)c1. The Morgan fingerprint density at radius 2 is 1.56 bits per heavy atom. The van der Waals surface area contributed by atoms with Crippen LogP contribution in [0.15, 0.2) is 79.3 Å². The van der Waals surface area contributed by atoms with E-state index in [4.69, 9.17) is 5.73 Å². The first-order chi connectivity index (χ1) is 16.4. The van der Waals surface area contributed by atoms with Crippen LogP contribution in [0.3, 0.4) is 0 Å². The Balaban J connectivity index is 1.75. The molecule has 4 aromatic carbocycles. The number of aryl methyl sites for hydroxylation is 1. The van der Waals surface area contributed by atoms with Gasteiger partial charge < -0.3 is 20.0 Å². The van der Waals surface area contributed by atoms with E-state index in [1.54, 1.807) is 24.4 Å². The summed E-state index contributed by atoms with van der Waals surface area (Å²) < 4.78 is 18.1. The van der Waals surface area contributed by atoms with Gasteiger partial charge in [0.05, 0.1) is 5.52 Å². The number of carbonyl (C=O) groups excluding carboxylic acids is 1. The topological polar surface area (TPSA) is 86.1 Å². The van der Waals surface area contributed by atoms with E-state index in [0.29, 0.717) is 11.3 Å². The Morgan fingerprint density at radius 1 is 0.853 bits per heavy atom. The second kappa shape index (κ2) is 7.18. The van der Waals surface area contributed by atoms with Crippen molar-refractivity contribution in [2.45, 2.75) is 6.92 Å². The van der Waals surface area contributed by atoms with E-state index >= 15 is 0 Å². The zero-order chi connectivity index (χ0) is 23.6. The van der Waals surface area contributed by atoms with E-state index in [9.17, 15) is 14.3 Å². The highest BCUT2D eigenvalue weighted by molar-refractivity contribution is 6.25. The molecule has 166 valence electrons. The van der Waals surface area contributed by atoms with Crippen LogP contribution < -0.4 is 5.73 Å². The number of hydrogen-bond acceptors (Lipinski definition) is 3. The molecule has 0 saturated heterocycles. The first-order valence-electron chi connectivity index (χ1n) is 10.7. The first-order valence-corrected chi connectivity index (χ1v) is 10.7. The maximum atomic E-state index is 14.2. The van der Waals surface area contributed by atoms with E-state index in [1.807, 2.05) is 52.7 Å². The van der Waals surface area contributed by atoms with Crippen molar-refractivity contribution in [2.24, 2.45) is 5.73 Å². The van der Waals surface area contributed by atoms with Crippen LogP contribution in [0.25, 0.3) is 43.8 Å². The lowest BCUT2D eigenvalue weighted by molar-refractivity contribution is 0.100.